The molecule has 144 valence electrons. The second-order valence-electron chi connectivity index (χ2n) is 5.60. The summed E-state index contributed by atoms with van der Waals surface area (Å²) in [6, 6.07) is 10.9. The molecule has 0 spiro atoms. The number of alkyl halides is 3. The van der Waals surface area contributed by atoms with Gasteiger partial charge in [-0.25, -0.2) is 0 Å². The Bertz CT molecular complexity index is 807. The number of nitrogens with one attached hydrogen (secondary N) is 2. The highest BCUT2D eigenvalue weighted by atomic mass is 19.4. The van der Waals surface area contributed by atoms with E-state index < -0.39 is 24.1 Å². The highest BCUT2D eigenvalue weighted by Crippen LogP contribution is 2.24. The molecule has 0 saturated carbocycles. The Morgan fingerprint density at radius 2 is 1.81 bits per heavy atom. The number of ether oxygens (including phenoxy) is 1. The zero-order chi connectivity index (χ0) is 20.0. The van der Waals surface area contributed by atoms with Crippen molar-refractivity contribution in [2.75, 3.05) is 11.9 Å². The van der Waals surface area contributed by atoms with Gasteiger partial charge in [-0.2, -0.15) is 0 Å². The summed E-state index contributed by atoms with van der Waals surface area (Å²) in [5.41, 5.74) is 1.05. The van der Waals surface area contributed by atoms with Crippen LogP contribution in [0.3, 0.4) is 0 Å². The molecule has 3 N–H and O–H groups in total. The van der Waals surface area contributed by atoms with Crippen molar-refractivity contribution in [1.29, 1.82) is 0 Å². The van der Waals surface area contributed by atoms with Gasteiger partial charge in [0.2, 0.25) is 5.91 Å². The number of aliphatic hydroxyl groups is 1. The van der Waals surface area contributed by atoms with E-state index in [-0.39, 0.29) is 18.0 Å². The molecule has 2 aromatic carbocycles. The van der Waals surface area contributed by atoms with Crippen LogP contribution in [0.25, 0.3) is 0 Å². The Morgan fingerprint density at radius 3 is 2.41 bits per heavy atom. The first kappa shape index (κ1) is 20.2. The second kappa shape index (κ2) is 8.54. The van der Waals surface area contributed by atoms with E-state index in [1.165, 1.54) is 31.2 Å². The topological polar surface area (TPSA) is 87.7 Å². The molecule has 9 heteroatoms. The number of benzene rings is 2. The maximum atomic E-state index is 12.1. The van der Waals surface area contributed by atoms with Gasteiger partial charge in [-0.15, -0.1) is 13.2 Å². The predicted molar refractivity (Wildman–Crippen MR) is 91.2 cm³/mol. The van der Waals surface area contributed by atoms with Gasteiger partial charge in [-0.05, 0) is 35.9 Å². The van der Waals surface area contributed by atoms with Crippen LogP contribution in [0.5, 0.6) is 5.75 Å². The number of halogens is 3. The van der Waals surface area contributed by atoms with E-state index in [9.17, 15) is 27.9 Å². The lowest BCUT2D eigenvalue weighted by Crippen LogP contribution is -2.28. The van der Waals surface area contributed by atoms with E-state index in [2.05, 4.69) is 15.4 Å². The minimum absolute atomic E-state index is 0.150. The summed E-state index contributed by atoms with van der Waals surface area (Å²) in [7, 11) is 0. The molecule has 0 aliphatic carbocycles. The third-order valence-corrected chi connectivity index (χ3v) is 3.40. The number of carbonyl (C=O) groups is 2. The molecule has 0 aromatic heterocycles. The maximum Gasteiger partial charge on any atom is 0.573 e. The van der Waals surface area contributed by atoms with Gasteiger partial charge in [-0.1, -0.05) is 18.2 Å². The largest absolute Gasteiger partial charge is 0.573 e. The number of aliphatic hydroxyl groups excluding tert-OH is 1. The number of carbonyl (C=O) groups excluding carboxylic acids is 2. The fraction of sp³-hybridized carbons (Fsp3) is 0.222. The summed E-state index contributed by atoms with van der Waals surface area (Å²) in [4.78, 5) is 23.2. The van der Waals surface area contributed by atoms with Crippen LogP contribution in [0.15, 0.2) is 48.5 Å². The van der Waals surface area contributed by atoms with E-state index in [4.69, 9.17) is 0 Å². The molecule has 0 aliphatic rings. The van der Waals surface area contributed by atoms with Crippen molar-refractivity contribution in [3.63, 3.8) is 0 Å². The zero-order valence-corrected chi connectivity index (χ0v) is 14.2. The second-order valence-corrected chi connectivity index (χ2v) is 5.60. The van der Waals surface area contributed by atoms with Crippen LogP contribution in [0.1, 0.15) is 28.9 Å². The Kier molecular flexibility index (Phi) is 6.40. The molecule has 1 unspecified atom stereocenters. The van der Waals surface area contributed by atoms with Gasteiger partial charge in [0.05, 0.1) is 6.10 Å². The van der Waals surface area contributed by atoms with Gasteiger partial charge in [0.1, 0.15) is 5.75 Å². The predicted octanol–water partition coefficient (Wildman–Crippen LogP) is 3.01. The van der Waals surface area contributed by atoms with Gasteiger partial charge in [-0.3, -0.25) is 9.59 Å². The average molecular weight is 382 g/mol. The molecule has 6 nitrogen and oxygen atoms in total. The normalized spacial score (nSPS) is 12.2. The summed E-state index contributed by atoms with van der Waals surface area (Å²) in [5.74, 6) is -1.16. The average Bonchev–Trinajstić information content (AvgIpc) is 2.58. The van der Waals surface area contributed by atoms with Gasteiger partial charge in [0.15, 0.2) is 0 Å². The number of rotatable bonds is 6. The van der Waals surface area contributed by atoms with Gasteiger partial charge in [0.25, 0.3) is 5.91 Å². The molecule has 0 aliphatic heterocycles. The Labute approximate surface area is 153 Å². The highest BCUT2D eigenvalue weighted by Gasteiger charge is 2.31. The van der Waals surface area contributed by atoms with Crippen molar-refractivity contribution in [3.8, 4) is 5.75 Å². The standard InChI is InChI=1S/C18H17F3N2O4/c1-11(24)23-14-4-2-3-13(9-14)17(26)22-10-16(25)12-5-7-15(8-6-12)27-18(19,20)21/h2-9,16,25H,10H2,1H3,(H,22,26)(H,23,24). The summed E-state index contributed by atoms with van der Waals surface area (Å²) in [5, 5.41) is 15.1. The molecular weight excluding hydrogens is 365 g/mol. The van der Waals surface area contributed by atoms with Crippen molar-refractivity contribution >= 4 is 17.5 Å². The van der Waals surface area contributed by atoms with E-state index in [1.807, 2.05) is 0 Å². The zero-order valence-electron chi connectivity index (χ0n) is 14.2. The SMILES string of the molecule is CC(=O)Nc1cccc(C(=O)NCC(O)c2ccc(OC(F)(F)F)cc2)c1. The van der Waals surface area contributed by atoms with E-state index in [0.29, 0.717) is 11.3 Å². The smallest absolute Gasteiger partial charge is 0.406 e. The van der Waals surface area contributed by atoms with Crippen molar-refractivity contribution < 1.29 is 32.6 Å². The van der Waals surface area contributed by atoms with Crippen molar-refractivity contribution in [1.82, 2.24) is 5.32 Å². The van der Waals surface area contributed by atoms with Crippen LogP contribution < -0.4 is 15.4 Å². The minimum atomic E-state index is -4.79. The Morgan fingerprint density at radius 1 is 1.15 bits per heavy atom. The molecule has 0 saturated heterocycles. The minimum Gasteiger partial charge on any atom is -0.406 e. The molecule has 2 rings (SSSR count). The number of hydrogen-bond donors (Lipinski definition) is 3. The Balaban J connectivity index is 1.94. The molecular formula is C18H17F3N2O4. The van der Waals surface area contributed by atoms with E-state index in [1.54, 1.807) is 12.1 Å². The Hall–Kier alpha value is -3.07. The van der Waals surface area contributed by atoms with Crippen LogP contribution in [0, 0.1) is 0 Å². The number of hydrogen-bond acceptors (Lipinski definition) is 4. The molecule has 1 atom stereocenters. The third kappa shape index (κ3) is 6.63. The lowest BCUT2D eigenvalue weighted by atomic mass is 10.1. The van der Waals surface area contributed by atoms with Crippen LogP contribution in [0.4, 0.5) is 18.9 Å². The van der Waals surface area contributed by atoms with Crippen molar-refractivity contribution in [2.45, 2.75) is 19.4 Å². The molecule has 0 radical (unpaired) electrons. The molecule has 27 heavy (non-hydrogen) atoms. The fourth-order valence-electron chi connectivity index (χ4n) is 2.24. The lowest BCUT2D eigenvalue weighted by molar-refractivity contribution is -0.274. The lowest BCUT2D eigenvalue weighted by Gasteiger charge is -2.14. The van der Waals surface area contributed by atoms with Crippen LogP contribution in [0.2, 0.25) is 0 Å². The molecule has 2 aromatic rings. The van der Waals surface area contributed by atoms with Crippen LogP contribution in [-0.2, 0) is 4.79 Å². The molecule has 0 heterocycles. The summed E-state index contributed by atoms with van der Waals surface area (Å²) in [6.07, 6.45) is -5.91. The summed E-state index contributed by atoms with van der Waals surface area (Å²) < 4.78 is 40.1. The molecule has 0 fully saturated rings. The van der Waals surface area contributed by atoms with Crippen molar-refractivity contribution in [2.24, 2.45) is 0 Å². The first-order chi connectivity index (χ1) is 12.6. The third-order valence-electron chi connectivity index (χ3n) is 3.40. The maximum absolute atomic E-state index is 12.1. The monoisotopic (exact) mass is 382 g/mol. The molecule has 0 bridgehead atoms. The first-order valence-corrected chi connectivity index (χ1v) is 7.83. The summed E-state index contributed by atoms with van der Waals surface area (Å²) in [6.45, 7) is 1.19. The molecule has 2 amide bonds. The highest BCUT2D eigenvalue weighted by molar-refractivity contribution is 5.96. The van der Waals surface area contributed by atoms with Crippen LogP contribution in [-0.4, -0.2) is 29.8 Å². The van der Waals surface area contributed by atoms with E-state index >= 15 is 0 Å². The van der Waals surface area contributed by atoms with Gasteiger partial charge in [0, 0.05) is 24.7 Å². The van der Waals surface area contributed by atoms with E-state index in [0.717, 1.165) is 12.1 Å². The number of amides is 2. The van der Waals surface area contributed by atoms with Crippen LogP contribution >= 0.6 is 0 Å². The van der Waals surface area contributed by atoms with Gasteiger partial charge >= 0.3 is 6.36 Å². The van der Waals surface area contributed by atoms with Gasteiger partial charge < -0.3 is 20.5 Å². The quantitative estimate of drug-likeness (QED) is 0.717. The first-order valence-electron chi connectivity index (χ1n) is 7.83. The van der Waals surface area contributed by atoms with Crippen molar-refractivity contribution in [3.05, 3.63) is 59.7 Å². The fourth-order valence-corrected chi connectivity index (χ4v) is 2.24. The summed E-state index contributed by atoms with van der Waals surface area (Å²) >= 11 is 0. The number of anilines is 1.